The maximum absolute atomic E-state index is 5.63. The summed E-state index contributed by atoms with van der Waals surface area (Å²) in [7, 11) is 0. The summed E-state index contributed by atoms with van der Waals surface area (Å²) in [6.07, 6.45) is 1.59. The standard InChI is InChI=1S/C14H17ClN2O/c1-10(2)11-5-7-12(8-6-11)14-17-16-13(18-14)4-3-9-15/h5-8,10H,3-4,9H2,1-2H3. The summed E-state index contributed by atoms with van der Waals surface area (Å²) < 4.78 is 5.59. The van der Waals surface area contributed by atoms with Gasteiger partial charge >= 0.3 is 0 Å². The van der Waals surface area contributed by atoms with Crippen LogP contribution in [0.2, 0.25) is 0 Å². The molecule has 0 saturated carbocycles. The van der Waals surface area contributed by atoms with Crippen molar-refractivity contribution in [2.24, 2.45) is 0 Å². The summed E-state index contributed by atoms with van der Waals surface area (Å²) in [6, 6.07) is 8.24. The fourth-order valence-electron chi connectivity index (χ4n) is 1.70. The number of hydrogen-bond donors (Lipinski definition) is 0. The van der Waals surface area contributed by atoms with Crippen LogP contribution in [0.1, 0.15) is 37.6 Å². The van der Waals surface area contributed by atoms with Crippen LogP contribution in [-0.2, 0) is 6.42 Å². The van der Waals surface area contributed by atoms with E-state index in [4.69, 9.17) is 16.0 Å². The lowest BCUT2D eigenvalue weighted by Crippen LogP contribution is -1.86. The zero-order chi connectivity index (χ0) is 13.0. The van der Waals surface area contributed by atoms with Crippen LogP contribution >= 0.6 is 11.6 Å². The highest BCUT2D eigenvalue weighted by Gasteiger charge is 2.08. The molecule has 0 fully saturated rings. The molecule has 0 radical (unpaired) electrons. The maximum Gasteiger partial charge on any atom is 0.247 e. The summed E-state index contributed by atoms with van der Waals surface area (Å²) >= 11 is 5.63. The Morgan fingerprint density at radius 1 is 1.17 bits per heavy atom. The van der Waals surface area contributed by atoms with E-state index in [9.17, 15) is 0 Å². The Hall–Kier alpha value is -1.35. The van der Waals surface area contributed by atoms with E-state index < -0.39 is 0 Å². The third-order valence-electron chi connectivity index (χ3n) is 2.82. The smallest absolute Gasteiger partial charge is 0.247 e. The van der Waals surface area contributed by atoms with E-state index in [0.29, 0.717) is 23.6 Å². The SMILES string of the molecule is CC(C)c1ccc(-c2nnc(CCCCl)o2)cc1. The topological polar surface area (TPSA) is 38.9 Å². The fraction of sp³-hybridized carbons (Fsp3) is 0.429. The van der Waals surface area contributed by atoms with Gasteiger partial charge in [-0.15, -0.1) is 21.8 Å². The molecule has 2 aromatic rings. The van der Waals surface area contributed by atoms with Crippen LogP contribution < -0.4 is 0 Å². The molecule has 1 heterocycles. The van der Waals surface area contributed by atoms with Crippen molar-refractivity contribution in [2.45, 2.75) is 32.6 Å². The van der Waals surface area contributed by atoms with Gasteiger partial charge in [-0.2, -0.15) is 0 Å². The predicted molar refractivity (Wildman–Crippen MR) is 72.9 cm³/mol. The number of alkyl halides is 1. The summed E-state index contributed by atoms with van der Waals surface area (Å²) in [4.78, 5) is 0. The number of rotatable bonds is 5. The second kappa shape index (κ2) is 6.01. The monoisotopic (exact) mass is 264 g/mol. The van der Waals surface area contributed by atoms with E-state index >= 15 is 0 Å². The Kier molecular flexibility index (Phi) is 4.37. The Labute approximate surface area is 112 Å². The highest BCUT2D eigenvalue weighted by Crippen LogP contribution is 2.21. The molecular weight excluding hydrogens is 248 g/mol. The van der Waals surface area contributed by atoms with E-state index in [1.165, 1.54) is 5.56 Å². The average Bonchev–Trinajstić information content (AvgIpc) is 2.85. The quantitative estimate of drug-likeness (QED) is 0.766. The first-order valence-electron chi connectivity index (χ1n) is 6.19. The van der Waals surface area contributed by atoms with Crippen LogP contribution in [-0.4, -0.2) is 16.1 Å². The second-order valence-electron chi connectivity index (χ2n) is 4.57. The summed E-state index contributed by atoms with van der Waals surface area (Å²) in [6.45, 7) is 4.35. The number of benzene rings is 1. The van der Waals surface area contributed by atoms with E-state index in [-0.39, 0.29) is 0 Å². The van der Waals surface area contributed by atoms with Crippen molar-refractivity contribution in [3.8, 4) is 11.5 Å². The molecule has 0 N–H and O–H groups in total. The molecule has 0 spiro atoms. The van der Waals surface area contributed by atoms with E-state index in [1.54, 1.807) is 0 Å². The number of hydrogen-bond acceptors (Lipinski definition) is 3. The summed E-state index contributed by atoms with van der Waals surface area (Å²) in [5.74, 6) is 2.37. The Morgan fingerprint density at radius 2 is 1.89 bits per heavy atom. The molecule has 0 unspecified atom stereocenters. The van der Waals surface area contributed by atoms with Crippen LogP contribution in [0.15, 0.2) is 28.7 Å². The van der Waals surface area contributed by atoms with Crippen LogP contribution in [0.4, 0.5) is 0 Å². The van der Waals surface area contributed by atoms with Crippen LogP contribution in [0, 0.1) is 0 Å². The van der Waals surface area contributed by atoms with Gasteiger partial charge < -0.3 is 4.42 Å². The Morgan fingerprint density at radius 3 is 2.50 bits per heavy atom. The Bertz CT molecular complexity index is 491. The van der Waals surface area contributed by atoms with Crippen molar-refractivity contribution in [3.63, 3.8) is 0 Å². The lowest BCUT2D eigenvalue weighted by molar-refractivity contribution is 0.502. The predicted octanol–water partition coefficient (Wildman–Crippen LogP) is 4.03. The zero-order valence-electron chi connectivity index (χ0n) is 10.7. The van der Waals surface area contributed by atoms with Gasteiger partial charge in [0, 0.05) is 17.9 Å². The largest absolute Gasteiger partial charge is 0.421 e. The molecule has 0 amide bonds. The first kappa shape index (κ1) is 13.1. The van der Waals surface area contributed by atoms with Gasteiger partial charge in [0.1, 0.15) is 0 Å². The molecule has 0 saturated heterocycles. The van der Waals surface area contributed by atoms with Gasteiger partial charge in [0.05, 0.1) is 0 Å². The van der Waals surface area contributed by atoms with Gasteiger partial charge in [0.2, 0.25) is 11.8 Å². The molecule has 18 heavy (non-hydrogen) atoms. The zero-order valence-corrected chi connectivity index (χ0v) is 11.4. The highest BCUT2D eigenvalue weighted by molar-refractivity contribution is 6.17. The van der Waals surface area contributed by atoms with E-state index in [1.807, 2.05) is 12.1 Å². The molecule has 0 aliphatic carbocycles. The third kappa shape index (κ3) is 3.10. The van der Waals surface area contributed by atoms with Gasteiger partial charge in [-0.3, -0.25) is 0 Å². The van der Waals surface area contributed by atoms with Crippen molar-refractivity contribution in [2.75, 3.05) is 5.88 Å². The highest BCUT2D eigenvalue weighted by atomic mass is 35.5. The fourth-order valence-corrected chi connectivity index (χ4v) is 1.83. The first-order valence-corrected chi connectivity index (χ1v) is 6.73. The first-order chi connectivity index (χ1) is 8.70. The number of nitrogens with zero attached hydrogens (tertiary/aromatic N) is 2. The molecule has 2 rings (SSSR count). The lowest BCUT2D eigenvalue weighted by atomic mass is 10.0. The van der Waals surface area contributed by atoms with Crippen molar-refractivity contribution in [3.05, 3.63) is 35.7 Å². The molecule has 4 heteroatoms. The van der Waals surface area contributed by atoms with Gasteiger partial charge in [0.15, 0.2) is 0 Å². The molecule has 0 atom stereocenters. The van der Waals surface area contributed by atoms with Crippen molar-refractivity contribution < 1.29 is 4.42 Å². The lowest BCUT2D eigenvalue weighted by Gasteiger charge is -2.04. The molecule has 3 nitrogen and oxygen atoms in total. The van der Waals surface area contributed by atoms with Crippen molar-refractivity contribution in [1.29, 1.82) is 0 Å². The van der Waals surface area contributed by atoms with Gasteiger partial charge in [-0.1, -0.05) is 26.0 Å². The van der Waals surface area contributed by atoms with Gasteiger partial charge in [-0.05, 0) is 30.0 Å². The maximum atomic E-state index is 5.63. The van der Waals surface area contributed by atoms with Crippen LogP contribution in [0.25, 0.3) is 11.5 Å². The third-order valence-corrected chi connectivity index (χ3v) is 3.08. The number of halogens is 1. The average molecular weight is 265 g/mol. The van der Waals surface area contributed by atoms with Crippen molar-refractivity contribution in [1.82, 2.24) is 10.2 Å². The molecule has 0 aliphatic rings. The Balaban J connectivity index is 2.13. The van der Waals surface area contributed by atoms with Crippen molar-refractivity contribution >= 4 is 11.6 Å². The minimum absolute atomic E-state index is 0.529. The van der Waals surface area contributed by atoms with Crippen LogP contribution in [0.3, 0.4) is 0 Å². The molecule has 1 aromatic carbocycles. The minimum Gasteiger partial charge on any atom is -0.421 e. The normalized spacial score (nSPS) is 11.1. The molecule has 0 aliphatic heterocycles. The number of aryl methyl sites for hydroxylation is 1. The van der Waals surface area contributed by atoms with Gasteiger partial charge in [0.25, 0.3) is 0 Å². The molecular formula is C14H17ClN2O. The molecule has 0 bridgehead atoms. The second-order valence-corrected chi connectivity index (χ2v) is 4.95. The summed E-state index contributed by atoms with van der Waals surface area (Å²) in [5.41, 5.74) is 2.27. The van der Waals surface area contributed by atoms with Gasteiger partial charge in [-0.25, -0.2) is 0 Å². The minimum atomic E-state index is 0.529. The van der Waals surface area contributed by atoms with Crippen LogP contribution in [0.5, 0.6) is 0 Å². The van der Waals surface area contributed by atoms with E-state index in [0.717, 1.165) is 18.4 Å². The number of aromatic nitrogens is 2. The molecule has 1 aromatic heterocycles. The summed E-state index contributed by atoms with van der Waals surface area (Å²) in [5, 5.41) is 8.07. The molecule has 96 valence electrons. The van der Waals surface area contributed by atoms with E-state index in [2.05, 4.69) is 36.2 Å².